The highest BCUT2D eigenvalue weighted by molar-refractivity contribution is 7.92. The Bertz CT molecular complexity index is 546. The number of aromatic amines is 1. The van der Waals surface area contributed by atoms with Crippen molar-refractivity contribution in [2.24, 2.45) is 5.92 Å². The van der Waals surface area contributed by atoms with Crippen molar-refractivity contribution in [3.63, 3.8) is 0 Å². The average molecular weight is 288 g/mol. The summed E-state index contributed by atoms with van der Waals surface area (Å²) in [6.07, 6.45) is 1.46. The van der Waals surface area contributed by atoms with Gasteiger partial charge < -0.3 is 9.72 Å². The van der Waals surface area contributed by atoms with E-state index in [0.717, 1.165) is 0 Å². The summed E-state index contributed by atoms with van der Waals surface area (Å²) in [5.41, 5.74) is 1.03. The lowest BCUT2D eigenvalue weighted by Gasteiger charge is -2.10. The Kier molecular flexibility index (Phi) is 4.99. The number of esters is 1. The molecule has 0 unspecified atom stereocenters. The Labute approximate surface area is 113 Å². The van der Waals surface area contributed by atoms with E-state index >= 15 is 0 Å². The molecule has 0 aliphatic rings. The molecule has 0 aliphatic heterocycles. The molecule has 0 aliphatic carbocycles. The second-order valence-electron chi connectivity index (χ2n) is 4.70. The molecule has 0 bridgehead atoms. The third kappa shape index (κ3) is 4.27. The van der Waals surface area contributed by atoms with Gasteiger partial charge in [-0.15, -0.1) is 0 Å². The molecule has 7 heteroatoms. The van der Waals surface area contributed by atoms with Gasteiger partial charge in [0.25, 0.3) is 0 Å². The van der Waals surface area contributed by atoms with Crippen molar-refractivity contribution in [2.45, 2.75) is 27.7 Å². The smallest absolute Gasteiger partial charge is 0.342 e. The van der Waals surface area contributed by atoms with E-state index in [0.29, 0.717) is 5.69 Å². The Balaban J connectivity index is 3.00. The average Bonchev–Trinajstić information content (AvgIpc) is 2.57. The van der Waals surface area contributed by atoms with E-state index in [1.54, 1.807) is 13.8 Å². The minimum absolute atomic E-state index is 0.000503. The molecule has 1 aromatic rings. The molecule has 108 valence electrons. The zero-order valence-electron chi connectivity index (χ0n) is 11.6. The summed E-state index contributed by atoms with van der Waals surface area (Å²) in [5.74, 6) is -0.536. The van der Waals surface area contributed by atoms with Crippen LogP contribution in [0.15, 0.2) is 6.20 Å². The first-order chi connectivity index (χ1) is 8.76. The molecular weight excluding hydrogens is 268 g/mol. The fourth-order valence-corrected chi connectivity index (χ4v) is 3.18. The quantitative estimate of drug-likeness (QED) is 0.782. The molecule has 0 saturated carbocycles. The zero-order chi connectivity index (χ0) is 14.6. The molecule has 1 heterocycles. The number of sulfonamides is 1. The normalized spacial score (nSPS) is 11.6. The lowest BCUT2D eigenvalue weighted by Crippen LogP contribution is -2.21. The Hall–Kier alpha value is -1.50. The first kappa shape index (κ1) is 15.6. The van der Waals surface area contributed by atoms with Crippen LogP contribution >= 0.6 is 0 Å². The Morgan fingerprint density at radius 3 is 2.63 bits per heavy atom. The lowest BCUT2D eigenvalue weighted by atomic mass is 10.2. The molecule has 6 nitrogen and oxygen atoms in total. The number of H-pyrrole nitrogens is 1. The summed E-state index contributed by atoms with van der Waals surface area (Å²) in [4.78, 5) is 14.6. The number of aromatic nitrogens is 1. The second kappa shape index (κ2) is 6.10. The van der Waals surface area contributed by atoms with Crippen molar-refractivity contribution in [1.29, 1.82) is 0 Å². The topological polar surface area (TPSA) is 88.3 Å². The monoisotopic (exact) mass is 288 g/mol. The van der Waals surface area contributed by atoms with Crippen LogP contribution in [-0.4, -0.2) is 31.7 Å². The number of carbonyl (C=O) groups is 1. The van der Waals surface area contributed by atoms with Gasteiger partial charge in [0.1, 0.15) is 5.56 Å². The third-order valence-electron chi connectivity index (χ3n) is 2.38. The first-order valence-electron chi connectivity index (χ1n) is 6.12. The van der Waals surface area contributed by atoms with E-state index < -0.39 is 16.0 Å². The molecule has 0 amide bonds. The van der Waals surface area contributed by atoms with Crippen molar-refractivity contribution >= 4 is 21.7 Å². The van der Waals surface area contributed by atoms with Gasteiger partial charge in [0.15, 0.2) is 0 Å². The molecule has 0 fully saturated rings. The van der Waals surface area contributed by atoms with Gasteiger partial charge in [-0.2, -0.15) is 0 Å². The molecule has 1 rings (SSSR count). The number of carbonyl (C=O) groups excluding carboxylic acids is 1. The van der Waals surface area contributed by atoms with Gasteiger partial charge in [-0.3, -0.25) is 4.72 Å². The zero-order valence-corrected chi connectivity index (χ0v) is 12.4. The van der Waals surface area contributed by atoms with Crippen LogP contribution in [0, 0.1) is 12.8 Å². The molecule has 0 saturated heterocycles. The number of hydrogen-bond acceptors (Lipinski definition) is 4. The van der Waals surface area contributed by atoms with Crippen molar-refractivity contribution in [3.05, 3.63) is 17.5 Å². The van der Waals surface area contributed by atoms with Crippen molar-refractivity contribution < 1.29 is 17.9 Å². The number of aryl methyl sites for hydroxylation is 1. The summed E-state index contributed by atoms with van der Waals surface area (Å²) in [5, 5.41) is 0. The predicted octanol–water partition coefficient (Wildman–Crippen LogP) is 1.90. The lowest BCUT2D eigenvalue weighted by molar-refractivity contribution is 0.0527. The summed E-state index contributed by atoms with van der Waals surface area (Å²) < 4.78 is 31.1. The van der Waals surface area contributed by atoms with E-state index in [4.69, 9.17) is 4.74 Å². The maximum atomic E-state index is 11.9. The van der Waals surface area contributed by atoms with E-state index in [1.807, 2.05) is 13.8 Å². The largest absolute Gasteiger partial charge is 0.462 e. The minimum Gasteiger partial charge on any atom is -0.462 e. The van der Waals surface area contributed by atoms with E-state index in [1.165, 1.54) is 6.20 Å². The molecule has 0 spiro atoms. The Morgan fingerprint density at radius 1 is 1.47 bits per heavy atom. The molecule has 0 atom stereocenters. The maximum Gasteiger partial charge on any atom is 0.342 e. The van der Waals surface area contributed by atoms with E-state index in [-0.39, 0.29) is 29.5 Å². The number of ether oxygens (including phenoxy) is 1. The minimum atomic E-state index is -3.47. The standard InChI is InChI=1S/C12H20N2O4S/c1-5-18-12(15)11-9(4)13-6-10(11)14-19(16,17)7-8(2)3/h6,8,13-14H,5,7H2,1-4H3. The number of hydrogen-bond donors (Lipinski definition) is 2. The molecule has 1 aromatic heterocycles. The highest BCUT2D eigenvalue weighted by atomic mass is 32.2. The highest BCUT2D eigenvalue weighted by Crippen LogP contribution is 2.22. The van der Waals surface area contributed by atoms with E-state index in [2.05, 4.69) is 9.71 Å². The summed E-state index contributed by atoms with van der Waals surface area (Å²) in [6, 6.07) is 0. The first-order valence-corrected chi connectivity index (χ1v) is 7.77. The predicted molar refractivity (Wildman–Crippen MR) is 73.7 cm³/mol. The molecule has 0 radical (unpaired) electrons. The number of rotatable bonds is 6. The molecule has 2 N–H and O–H groups in total. The van der Waals surface area contributed by atoms with E-state index in [9.17, 15) is 13.2 Å². The fraction of sp³-hybridized carbons (Fsp3) is 0.583. The summed E-state index contributed by atoms with van der Waals surface area (Å²) in [7, 11) is -3.47. The van der Waals surface area contributed by atoms with Gasteiger partial charge in [-0.25, -0.2) is 13.2 Å². The van der Waals surface area contributed by atoms with Gasteiger partial charge in [0.05, 0.1) is 18.0 Å². The van der Waals surface area contributed by atoms with Crippen LogP contribution in [0.4, 0.5) is 5.69 Å². The number of anilines is 1. The van der Waals surface area contributed by atoms with Crippen LogP contribution in [-0.2, 0) is 14.8 Å². The van der Waals surface area contributed by atoms with Crippen molar-refractivity contribution in [1.82, 2.24) is 4.98 Å². The SMILES string of the molecule is CCOC(=O)c1c(NS(=O)(=O)CC(C)C)c[nH]c1C. The van der Waals surface area contributed by atoms with Gasteiger partial charge in [0.2, 0.25) is 10.0 Å². The molecular formula is C12H20N2O4S. The van der Waals surface area contributed by atoms with Crippen LogP contribution in [0.3, 0.4) is 0 Å². The van der Waals surface area contributed by atoms with Gasteiger partial charge in [-0.1, -0.05) is 13.8 Å². The van der Waals surface area contributed by atoms with Crippen LogP contribution in [0.25, 0.3) is 0 Å². The van der Waals surface area contributed by atoms with Gasteiger partial charge in [-0.05, 0) is 19.8 Å². The van der Waals surface area contributed by atoms with Crippen molar-refractivity contribution in [3.8, 4) is 0 Å². The molecule has 19 heavy (non-hydrogen) atoms. The maximum absolute atomic E-state index is 11.9. The third-order valence-corrected chi connectivity index (χ3v) is 4.01. The van der Waals surface area contributed by atoms with Gasteiger partial charge >= 0.3 is 5.97 Å². The summed E-state index contributed by atoms with van der Waals surface area (Å²) in [6.45, 7) is 7.25. The van der Waals surface area contributed by atoms with Gasteiger partial charge in [0, 0.05) is 11.9 Å². The molecule has 0 aromatic carbocycles. The van der Waals surface area contributed by atoms with Crippen molar-refractivity contribution in [2.75, 3.05) is 17.1 Å². The Morgan fingerprint density at radius 2 is 2.11 bits per heavy atom. The van der Waals surface area contributed by atoms with Crippen LogP contribution in [0.1, 0.15) is 36.8 Å². The summed E-state index contributed by atoms with van der Waals surface area (Å²) >= 11 is 0. The van der Waals surface area contributed by atoms with Crippen LogP contribution < -0.4 is 4.72 Å². The highest BCUT2D eigenvalue weighted by Gasteiger charge is 2.21. The van der Waals surface area contributed by atoms with Crippen LogP contribution in [0.2, 0.25) is 0 Å². The fourth-order valence-electron chi connectivity index (χ4n) is 1.72. The second-order valence-corrected chi connectivity index (χ2v) is 6.47. The van der Waals surface area contributed by atoms with Crippen LogP contribution in [0.5, 0.6) is 0 Å². The number of nitrogens with one attached hydrogen (secondary N) is 2.